The van der Waals surface area contributed by atoms with Gasteiger partial charge in [-0.2, -0.15) is 0 Å². The summed E-state index contributed by atoms with van der Waals surface area (Å²) >= 11 is 6.05. The van der Waals surface area contributed by atoms with Crippen molar-refractivity contribution < 1.29 is 9.53 Å². The van der Waals surface area contributed by atoms with Gasteiger partial charge in [0.05, 0.1) is 6.61 Å². The minimum absolute atomic E-state index is 0.00421. The molecule has 26 heavy (non-hydrogen) atoms. The Morgan fingerprint density at radius 1 is 1.04 bits per heavy atom. The maximum atomic E-state index is 12.3. The average Bonchev–Trinajstić information content (AvgIpc) is 2.68. The summed E-state index contributed by atoms with van der Waals surface area (Å²) in [5, 5.41) is 3.71. The zero-order valence-corrected chi connectivity index (χ0v) is 15.5. The molecule has 6 heteroatoms. The van der Waals surface area contributed by atoms with Crippen LogP contribution < -0.4 is 15.0 Å². The third-order valence-corrected chi connectivity index (χ3v) is 4.58. The number of rotatable bonds is 6. The smallest absolute Gasteiger partial charge is 0.317 e. The standard InChI is InChI=1S/C20H24ClN3O2/c21-17-6-4-7-18(16-17)23-11-13-24(14-12-23)20(25)22-10-5-15-26-19-8-2-1-3-9-19/h1-4,6-9,16H,5,10-15H2,(H,22,25). The zero-order valence-electron chi connectivity index (χ0n) is 14.7. The number of hydrogen-bond acceptors (Lipinski definition) is 3. The number of para-hydroxylation sites is 1. The Balaban J connectivity index is 1.33. The molecule has 1 aliphatic heterocycles. The van der Waals surface area contributed by atoms with E-state index >= 15 is 0 Å². The van der Waals surface area contributed by atoms with Crippen molar-refractivity contribution in [2.24, 2.45) is 0 Å². The van der Waals surface area contributed by atoms with E-state index in [-0.39, 0.29) is 6.03 Å². The quantitative estimate of drug-likeness (QED) is 0.786. The van der Waals surface area contributed by atoms with Gasteiger partial charge >= 0.3 is 6.03 Å². The Morgan fingerprint density at radius 2 is 1.81 bits per heavy atom. The number of halogens is 1. The lowest BCUT2D eigenvalue weighted by atomic mass is 10.2. The summed E-state index contributed by atoms with van der Waals surface area (Å²) in [6, 6.07) is 17.5. The highest BCUT2D eigenvalue weighted by molar-refractivity contribution is 6.30. The van der Waals surface area contributed by atoms with Crippen LogP contribution in [0.25, 0.3) is 0 Å². The van der Waals surface area contributed by atoms with E-state index < -0.39 is 0 Å². The van der Waals surface area contributed by atoms with Crippen molar-refractivity contribution in [3.8, 4) is 5.75 Å². The van der Waals surface area contributed by atoms with Crippen molar-refractivity contribution in [3.63, 3.8) is 0 Å². The summed E-state index contributed by atoms with van der Waals surface area (Å²) in [6.07, 6.45) is 0.781. The highest BCUT2D eigenvalue weighted by atomic mass is 35.5. The highest BCUT2D eigenvalue weighted by Crippen LogP contribution is 2.20. The van der Waals surface area contributed by atoms with Gasteiger partial charge in [-0.1, -0.05) is 35.9 Å². The number of urea groups is 1. The molecule has 1 fully saturated rings. The SMILES string of the molecule is O=C(NCCCOc1ccccc1)N1CCN(c2cccc(Cl)c2)CC1. The van der Waals surface area contributed by atoms with E-state index in [0.29, 0.717) is 26.2 Å². The molecule has 138 valence electrons. The topological polar surface area (TPSA) is 44.8 Å². The molecule has 0 unspecified atom stereocenters. The summed E-state index contributed by atoms with van der Waals surface area (Å²) in [5.74, 6) is 0.857. The zero-order chi connectivity index (χ0) is 18.2. The largest absolute Gasteiger partial charge is 0.494 e. The lowest BCUT2D eigenvalue weighted by molar-refractivity contribution is 0.193. The Morgan fingerprint density at radius 3 is 2.54 bits per heavy atom. The minimum Gasteiger partial charge on any atom is -0.494 e. The van der Waals surface area contributed by atoms with Gasteiger partial charge in [0.25, 0.3) is 0 Å². The first-order valence-corrected chi connectivity index (χ1v) is 9.31. The Labute approximate surface area is 159 Å². The van der Waals surface area contributed by atoms with Crippen LogP contribution in [-0.2, 0) is 0 Å². The van der Waals surface area contributed by atoms with Gasteiger partial charge in [-0.3, -0.25) is 0 Å². The summed E-state index contributed by atoms with van der Waals surface area (Å²) in [5.41, 5.74) is 1.11. The molecule has 0 radical (unpaired) electrons. The van der Waals surface area contributed by atoms with E-state index in [4.69, 9.17) is 16.3 Å². The fourth-order valence-electron chi connectivity index (χ4n) is 2.93. The molecule has 0 spiro atoms. The first kappa shape index (κ1) is 18.4. The first-order valence-electron chi connectivity index (χ1n) is 8.93. The molecule has 0 atom stereocenters. The molecule has 1 aliphatic rings. The van der Waals surface area contributed by atoms with Crippen molar-refractivity contribution in [2.45, 2.75) is 6.42 Å². The number of piperazine rings is 1. The molecule has 1 N–H and O–H groups in total. The van der Waals surface area contributed by atoms with Gasteiger partial charge in [0.2, 0.25) is 0 Å². The normalized spacial score (nSPS) is 14.2. The lowest BCUT2D eigenvalue weighted by Crippen LogP contribution is -2.52. The first-order chi connectivity index (χ1) is 12.7. The molecule has 1 saturated heterocycles. The van der Waals surface area contributed by atoms with E-state index in [1.807, 2.05) is 59.5 Å². The number of benzene rings is 2. The number of nitrogens with one attached hydrogen (secondary N) is 1. The van der Waals surface area contributed by atoms with Crippen LogP contribution in [0.1, 0.15) is 6.42 Å². The summed E-state index contributed by atoms with van der Waals surface area (Å²) in [6.45, 7) is 4.24. The monoisotopic (exact) mass is 373 g/mol. The van der Waals surface area contributed by atoms with E-state index in [1.54, 1.807) is 0 Å². The fourth-order valence-corrected chi connectivity index (χ4v) is 3.11. The molecule has 2 aromatic rings. The van der Waals surface area contributed by atoms with Crippen LogP contribution in [0.5, 0.6) is 5.75 Å². The van der Waals surface area contributed by atoms with E-state index in [1.165, 1.54) is 0 Å². The fraction of sp³-hybridized carbons (Fsp3) is 0.350. The molecule has 0 aliphatic carbocycles. The number of carbonyl (C=O) groups is 1. The number of carbonyl (C=O) groups excluding carboxylic acids is 1. The van der Waals surface area contributed by atoms with Gasteiger partial charge in [-0.05, 0) is 36.8 Å². The summed E-state index contributed by atoms with van der Waals surface area (Å²) < 4.78 is 5.62. The van der Waals surface area contributed by atoms with Crippen molar-refractivity contribution in [3.05, 3.63) is 59.6 Å². The number of amides is 2. The maximum absolute atomic E-state index is 12.3. The van der Waals surface area contributed by atoms with Crippen molar-refractivity contribution in [1.29, 1.82) is 0 Å². The molecular formula is C20H24ClN3O2. The highest BCUT2D eigenvalue weighted by Gasteiger charge is 2.21. The minimum atomic E-state index is -0.00421. The van der Waals surface area contributed by atoms with Gasteiger partial charge in [0, 0.05) is 43.4 Å². The Bertz CT molecular complexity index is 703. The molecule has 0 saturated carbocycles. The van der Waals surface area contributed by atoms with Crippen molar-refractivity contribution >= 4 is 23.3 Å². The van der Waals surface area contributed by atoms with Gasteiger partial charge in [-0.25, -0.2) is 4.79 Å². The third-order valence-electron chi connectivity index (χ3n) is 4.35. The van der Waals surface area contributed by atoms with Crippen LogP contribution in [0.3, 0.4) is 0 Å². The van der Waals surface area contributed by atoms with Gasteiger partial charge < -0.3 is 19.9 Å². The van der Waals surface area contributed by atoms with Gasteiger partial charge in [0.1, 0.15) is 5.75 Å². The lowest BCUT2D eigenvalue weighted by Gasteiger charge is -2.36. The number of anilines is 1. The van der Waals surface area contributed by atoms with E-state index in [2.05, 4.69) is 10.2 Å². The van der Waals surface area contributed by atoms with Crippen molar-refractivity contribution in [1.82, 2.24) is 10.2 Å². The van der Waals surface area contributed by atoms with E-state index in [9.17, 15) is 4.79 Å². The molecule has 0 bridgehead atoms. The third kappa shape index (κ3) is 5.30. The Kier molecular flexibility index (Phi) is 6.61. The van der Waals surface area contributed by atoms with E-state index in [0.717, 1.165) is 36.0 Å². The molecule has 2 amide bonds. The second-order valence-corrected chi connectivity index (χ2v) is 6.64. The van der Waals surface area contributed by atoms with Crippen LogP contribution in [0, 0.1) is 0 Å². The van der Waals surface area contributed by atoms with Crippen molar-refractivity contribution in [2.75, 3.05) is 44.2 Å². The van der Waals surface area contributed by atoms with Crippen LogP contribution in [0.15, 0.2) is 54.6 Å². The average molecular weight is 374 g/mol. The summed E-state index contributed by atoms with van der Waals surface area (Å²) in [7, 11) is 0. The van der Waals surface area contributed by atoms with Gasteiger partial charge in [0.15, 0.2) is 0 Å². The molecule has 1 heterocycles. The molecule has 2 aromatic carbocycles. The molecule has 3 rings (SSSR count). The second kappa shape index (κ2) is 9.34. The molecule has 0 aromatic heterocycles. The number of nitrogens with zero attached hydrogens (tertiary/aromatic N) is 2. The van der Waals surface area contributed by atoms with Gasteiger partial charge in [-0.15, -0.1) is 0 Å². The number of hydrogen-bond donors (Lipinski definition) is 1. The maximum Gasteiger partial charge on any atom is 0.317 e. The molecular weight excluding hydrogens is 350 g/mol. The predicted octanol–water partition coefficient (Wildman–Crippen LogP) is 3.64. The van der Waals surface area contributed by atoms with Crippen LogP contribution in [0.4, 0.5) is 10.5 Å². The predicted molar refractivity (Wildman–Crippen MR) is 105 cm³/mol. The van der Waals surface area contributed by atoms with Crippen LogP contribution >= 0.6 is 11.6 Å². The second-order valence-electron chi connectivity index (χ2n) is 6.20. The number of ether oxygens (including phenoxy) is 1. The Hall–Kier alpha value is -2.40. The van der Waals surface area contributed by atoms with Crippen LogP contribution in [0.2, 0.25) is 5.02 Å². The molecule has 5 nitrogen and oxygen atoms in total. The van der Waals surface area contributed by atoms with Crippen LogP contribution in [-0.4, -0.2) is 50.3 Å². The summed E-state index contributed by atoms with van der Waals surface area (Å²) in [4.78, 5) is 16.4.